The van der Waals surface area contributed by atoms with E-state index in [1.54, 1.807) is 16.7 Å². The van der Waals surface area contributed by atoms with Gasteiger partial charge in [0.05, 0.1) is 11.0 Å². The van der Waals surface area contributed by atoms with Crippen molar-refractivity contribution in [3.63, 3.8) is 0 Å². The van der Waals surface area contributed by atoms with E-state index in [9.17, 15) is 4.79 Å². The summed E-state index contributed by atoms with van der Waals surface area (Å²) in [6.45, 7) is 0. The molecule has 0 unspecified atom stereocenters. The number of aromatic nitrogens is 2. The van der Waals surface area contributed by atoms with E-state index in [2.05, 4.69) is 4.98 Å². The number of hydrogen-bond donors (Lipinski definition) is 1. The zero-order valence-corrected chi connectivity index (χ0v) is 10.6. The molecule has 5 heteroatoms. The fourth-order valence-electron chi connectivity index (χ4n) is 2.04. The molecule has 0 saturated heterocycles. The van der Waals surface area contributed by atoms with E-state index < -0.39 is 5.91 Å². The quantitative estimate of drug-likeness (QED) is 0.779. The van der Waals surface area contributed by atoms with Gasteiger partial charge >= 0.3 is 0 Å². The van der Waals surface area contributed by atoms with Crippen molar-refractivity contribution >= 4 is 28.5 Å². The summed E-state index contributed by atoms with van der Waals surface area (Å²) in [6, 6.07) is 14.7. The number of fused-ring (bicyclic) bond motifs is 1. The van der Waals surface area contributed by atoms with Crippen LogP contribution in [0.1, 0.15) is 10.6 Å². The third-order valence-electron chi connectivity index (χ3n) is 2.87. The Morgan fingerprint density at radius 2 is 1.79 bits per heavy atom. The van der Waals surface area contributed by atoms with Crippen LogP contribution < -0.4 is 5.73 Å². The molecule has 1 aromatic heterocycles. The van der Waals surface area contributed by atoms with Crippen LogP contribution in [-0.2, 0) is 0 Å². The first kappa shape index (κ1) is 11.7. The Kier molecular flexibility index (Phi) is 2.72. The number of benzene rings is 2. The molecule has 0 radical (unpaired) electrons. The number of amides is 1. The zero-order valence-electron chi connectivity index (χ0n) is 9.88. The third-order valence-corrected chi connectivity index (χ3v) is 3.12. The molecule has 1 heterocycles. The van der Waals surface area contributed by atoms with E-state index in [4.69, 9.17) is 17.3 Å². The van der Waals surface area contributed by atoms with Gasteiger partial charge in [0.2, 0.25) is 5.82 Å². The van der Waals surface area contributed by atoms with Crippen LogP contribution in [0.4, 0.5) is 0 Å². The molecular formula is C14H10ClN3O. The lowest BCUT2D eigenvalue weighted by Gasteiger charge is -2.07. The molecule has 0 fully saturated rings. The van der Waals surface area contributed by atoms with Crippen LogP contribution in [0.2, 0.25) is 5.02 Å². The monoisotopic (exact) mass is 271 g/mol. The normalized spacial score (nSPS) is 10.8. The maximum Gasteiger partial charge on any atom is 0.285 e. The van der Waals surface area contributed by atoms with Crippen LogP contribution in [0.3, 0.4) is 0 Å². The number of primary amides is 1. The van der Waals surface area contributed by atoms with Crippen molar-refractivity contribution in [1.82, 2.24) is 9.55 Å². The van der Waals surface area contributed by atoms with Crippen molar-refractivity contribution < 1.29 is 4.79 Å². The summed E-state index contributed by atoms with van der Waals surface area (Å²) in [5.41, 5.74) is 7.76. The van der Waals surface area contributed by atoms with Gasteiger partial charge in [-0.2, -0.15) is 0 Å². The Bertz CT molecular complexity index is 762. The largest absolute Gasteiger partial charge is 0.363 e. The number of nitrogens with zero attached hydrogens (tertiary/aromatic N) is 2. The van der Waals surface area contributed by atoms with E-state index in [1.165, 1.54) is 0 Å². The molecule has 2 N–H and O–H groups in total. The molecule has 3 rings (SSSR count). The number of nitrogens with two attached hydrogens (primary N) is 1. The highest BCUT2D eigenvalue weighted by Crippen LogP contribution is 2.22. The Labute approximate surface area is 114 Å². The summed E-state index contributed by atoms with van der Waals surface area (Å²) >= 11 is 5.88. The smallest absolute Gasteiger partial charge is 0.285 e. The highest BCUT2D eigenvalue weighted by molar-refractivity contribution is 6.30. The van der Waals surface area contributed by atoms with E-state index in [0.717, 1.165) is 16.7 Å². The molecule has 2 aromatic carbocycles. The number of imidazole rings is 1. The highest BCUT2D eigenvalue weighted by atomic mass is 35.5. The molecule has 0 aliphatic rings. The average molecular weight is 272 g/mol. The molecule has 0 atom stereocenters. The van der Waals surface area contributed by atoms with Crippen LogP contribution in [0, 0.1) is 0 Å². The molecular weight excluding hydrogens is 262 g/mol. The van der Waals surface area contributed by atoms with Gasteiger partial charge in [-0.25, -0.2) is 4.98 Å². The van der Waals surface area contributed by atoms with Crippen LogP contribution in [0.5, 0.6) is 0 Å². The second kappa shape index (κ2) is 4.40. The summed E-state index contributed by atoms with van der Waals surface area (Å²) in [5, 5.41) is 0.633. The zero-order chi connectivity index (χ0) is 13.4. The number of halogens is 1. The van der Waals surface area contributed by atoms with Crippen LogP contribution in [-0.4, -0.2) is 15.5 Å². The number of rotatable bonds is 2. The molecule has 0 aliphatic carbocycles. The summed E-state index contributed by atoms with van der Waals surface area (Å²) in [7, 11) is 0. The molecule has 4 nitrogen and oxygen atoms in total. The molecule has 3 aromatic rings. The number of para-hydroxylation sites is 2. The van der Waals surface area contributed by atoms with E-state index in [-0.39, 0.29) is 5.82 Å². The van der Waals surface area contributed by atoms with Gasteiger partial charge in [0, 0.05) is 10.7 Å². The predicted octanol–water partition coefficient (Wildman–Crippen LogP) is 2.78. The Morgan fingerprint density at radius 1 is 1.11 bits per heavy atom. The van der Waals surface area contributed by atoms with Gasteiger partial charge in [0.1, 0.15) is 0 Å². The molecule has 0 spiro atoms. The topological polar surface area (TPSA) is 60.9 Å². The maximum absolute atomic E-state index is 11.5. The second-order valence-corrected chi connectivity index (χ2v) is 4.54. The molecule has 19 heavy (non-hydrogen) atoms. The Balaban J connectivity index is 2.34. The van der Waals surface area contributed by atoms with Crippen LogP contribution >= 0.6 is 11.6 Å². The molecule has 1 amide bonds. The lowest BCUT2D eigenvalue weighted by atomic mass is 10.3. The SMILES string of the molecule is NC(=O)c1nc2ccccc2n1-c1ccc(Cl)cc1. The van der Waals surface area contributed by atoms with Crippen molar-refractivity contribution in [3.05, 3.63) is 59.4 Å². The van der Waals surface area contributed by atoms with Crippen LogP contribution in [0.25, 0.3) is 16.7 Å². The molecule has 0 bridgehead atoms. The van der Waals surface area contributed by atoms with Gasteiger partial charge < -0.3 is 5.73 Å². The first-order chi connectivity index (χ1) is 9.16. The molecule has 0 aliphatic heterocycles. The fraction of sp³-hybridized carbons (Fsp3) is 0. The van der Waals surface area contributed by atoms with Gasteiger partial charge in [-0.3, -0.25) is 9.36 Å². The van der Waals surface area contributed by atoms with Gasteiger partial charge in [-0.05, 0) is 36.4 Å². The summed E-state index contributed by atoms with van der Waals surface area (Å²) < 4.78 is 1.73. The van der Waals surface area contributed by atoms with Crippen molar-refractivity contribution in [2.75, 3.05) is 0 Å². The van der Waals surface area contributed by atoms with Gasteiger partial charge in [-0.1, -0.05) is 23.7 Å². The number of hydrogen-bond acceptors (Lipinski definition) is 2. The van der Waals surface area contributed by atoms with Crippen molar-refractivity contribution in [3.8, 4) is 5.69 Å². The summed E-state index contributed by atoms with van der Waals surface area (Å²) in [4.78, 5) is 15.8. The lowest BCUT2D eigenvalue weighted by Crippen LogP contribution is -2.17. The van der Waals surface area contributed by atoms with E-state index in [1.807, 2.05) is 36.4 Å². The first-order valence-electron chi connectivity index (χ1n) is 5.70. The molecule has 0 saturated carbocycles. The van der Waals surface area contributed by atoms with E-state index >= 15 is 0 Å². The highest BCUT2D eigenvalue weighted by Gasteiger charge is 2.15. The Hall–Kier alpha value is -2.33. The maximum atomic E-state index is 11.5. The third kappa shape index (κ3) is 1.96. The lowest BCUT2D eigenvalue weighted by molar-refractivity contribution is 0.0989. The summed E-state index contributed by atoms with van der Waals surface area (Å²) in [5.74, 6) is -0.352. The minimum Gasteiger partial charge on any atom is -0.363 e. The van der Waals surface area contributed by atoms with Gasteiger partial charge in [0.25, 0.3) is 5.91 Å². The fourth-order valence-corrected chi connectivity index (χ4v) is 2.17. The average Bonchev–Trinajstić information content (AvgIpc) is 2.79. The minimum atomic E-state index is -0.564. The standard InChI is InChI=1S/C14H10ClN3O/c15-9-5-7-10(8-6-9)18-12-4-2-1-3-11(12)17-14(18)13(16)19/h1-8H,(H2,16,19). The number of carbonyl (C=O) groups excluding carboxylic acids is 1. The molecule has 94 valence electrons. The number of carbonyl (C=O) groups is 1. The minimum absolute atomic E-state index is 0.212. The van der Waals surface area contributed by atoms with Gasteiger partial charge in [-0.15, -0.1) is 0 Å². The first-order valence-corrected chi connectivity index (χ1v) is 6.08. The summed E-state index contributed by atoms with van der Waals surface area (Å²) in [6.07, 6.45) is 0. The van der Waals surface area contributed by atoms with Crippen molar-refractivity contribution in [2.45, 2.75) is 0 Å². The van der Waals surface area contributed by atoms with Gasteiger partial charge in [0.15, 0.2) is 0 Å². The van der Waals surface area contributed by atoms with Crippen molar-refractivity contribution in [2.24, 2.45) is 5.73 Å². The van der Waals surface area contributed by atoms with Crippen LogP contribution in [0.15, 0.2) is 48.5 Å². The second-order valence-electron chi connectivity index (χ2n) is 4.10. The van der Waals surface area contributed by atoms with E-state index in [0.29, 0.717) is 5.02 Å². The van der Waals surface area contributed by atoms with Crippen molar-refractivity contribution in [1.29, 1.82) is 0 Å². The Morgan fingerprint density at radius 3 is 2.47 bits per heavy atom. The predicted molar refractivity (Wildman–Crippen MR) is 74.6 cm³/mol.